The number of hydrogen-bond donors (Lipinski definition) is 1. The van der Waals surface area contributed by atoms with Crippen LogP contribution in [-0.2, 0) is 24.2 Å². The third kappa shape index (κ3) is 18.8. The van der Waals surface area contributed by atoms with E-state index in [2.05, 4.69) is 140 Å². The number of carbonyl (C=O) groups is 2. The van der Waals surface area contributed by atoms with Gasteiger partial charge < -0.3 is 52.8 Å². The summed E-state index contributed by atoms with van der Waals surface area (Å²) in [6, 6.07) is 27.1. The monoisotopic (exact) mass is 1160 g/mol. The van der Waals surface area contributed by atoms with E-state index < -0.39 is 14.1 Å². The summed E-state index contributed by atoms with van der Waals surface area (Å²) >= 11 is 0. The number of rotatable bonds is 23. The summed E-state index contributed by atoms with van der Waals surface area (Å²) in [5.74, 6) is 1.99. The molecular weight excluding hydrogens is 1050 g/mol. The number of methoxy groups -OCH3 is 2. The van der Waals surface area contributed by atoms with Gasteiger partial charge in [-0.2, -0.15) is 0 Å². The van der Waals surface area contributed by atoms with Crippen LogP contribution in [0.2, 0.25) is 0 Å². The molecule has 82 heavy (non-hydrogen) atoms. The highest BCUT2D eigenvalue weighted by molar-refractivity contribution is 7.44. The fourth-order valence-corrected chi connectivity index (χ4v) is 13.2. The summed E-state index contributed by atoms with van der Waals surface area (Å²) in [4.78, 5) is 45.6. The molecule has 0 radical (unpaired) electrons. The number of amides is 3. The van der Waals surface area contributed by atoms with Crippen molar-refractivity contribution in [3.05, 3.63) is 107 Å². The number of ether oxygens (including phenoxy) is 3. The first-order valence-corrected chi connectivity index (χ1v) is 31.4. The lowest BCUT2D eigenvalue weighted by atomic mass is 9.80. The predicted molar refractivity (Wildman–Crippen MR) is 329 cm³/mol. The largest absolute Gasteiger partial charge is 0.497 e. The van der Waals surface area contributed by atoms with Crippen molar-refractivity contribution in [3.63, 3.8) is 0 Å². The minimum atomic E-state index is -1.18. The van der Waals surface area contributed by atoms with E-state index in [9.17, 15) is 14.7 Å². The number of carbonyl (C=O) groups excluding carboxylic acids is 2. The molecular formula is C64H102N9O8P. The molecule has 4 fully saturated rings. The van der Waals surface area contributed by atoms with Gasteiger partial charge in [0.2, 0.25) is 12.5 Å². The van der Waals surface area contributed by atoms with Gasteiger partial charge in [0.15, 0.2) is 0 Å². The van der Waals surface area contributed by atoms with Crippen LogP contribution >= 0.6 is 8.53 Å². The van der Waals surface area contributed by atoms with Gasteiger partial charge in [-0.3, -0.25) is 19.5 Å². The lowest BCUT2D eigenvalue weighted by molar-refractivity contribution is -0.139. The Labute approximate surface area is 494 Å². The summed E-state index contributed by atoms with van der Waals surface area (Å²) in [6.45, 7) is 44.5. The van der Waals surface area contributed by atoms with Crippen molar-refractivity contribution >= 4 is 20.5 Å². The van der Waals surface area contributed by atoms with E-state index in [1.807, 2.05) is 52.3 Å². The third-order valence-corrected chi connectivity index (χ3v) is 18.8. The molecule has 7 rings (SSSR count). The maximum absolute atomic E-state index is 13.3. The molecule has 0 spiro atoms. The van der Waals surface area contributed by atoms with Gasteiger partial charge in [-0.1, -0.05) is 54.6 Å². The van der Waals surface area contributed by atoms with Crippen molar-refractivity contribution in [2.24, 2.45) is 11.8 Å². The SMILES string of the molecule is COc1ccc(C(OCC(CO)CCN2CCN(C(=O)N3CCN(C(C)(C)C)CC3)CC2)(c2ccccc2)c2ccc(OC)cc2)cc1.[C-]#[N+]CCOP(OCCN1CCC(C(=O)N2CCN(C(C)(C)C)CC2)CC1)N(C(C)C)C(C)C. The molecule has 4 aliphatic rings. The zero-order chi connectivity index (χ0) is 59.5. The molecule has 0 aliphatic carbocycles. The maximum atomic E-state index is 13.3. The van der Waals surface area contributed by atoms with Gasteiger partial charge in [-0.15, -0.1) is 0 Å². The number of nitrogens with zero attached hydrogens (tertiary/aromatic N) is 9. The van der Waals surface area contributed by atoms with Crippen LogP contribution < -0.4 is 9.47 Å². The Kier molecular flexibility index (Phi) is 26.2. The molecule has 17 nitrogen and oxygen atoms in total. The molecule has 2 unspecified atom stereocenters. The smallest absolute Gasteiger partial charge is 0.320 e. The second kappa shape index (κ2) is 32.2. The van der Waals surface area contributed by atoms with E-state index in [1.54, 1.807) is 14.2 Å². The quantitative estimate of drug-likeness (QED) is 0.0420. The molecule has 0 bridgehead atoms. The Balaban J connectivity index is 0.000000281. The van der Waals surface area contributed by atoms with E-state index in [4.69, 9.17) is 29.8 Å². The number of likely N-dealkylation sites (tertiary alicyclic amines) is 1. The first-order chi connectivity index (χ1) is 39.2. The topological polar surface area (TPSA) is 131 Å². The van der Waals surface area contributed by atoms with Crippen LogP contribution in [-0.4, -0.2) is 231 Å². The number of piperazine rings is 3. The standard InChI is InChI=1S/C39H54N4O5.C25H48N5O3P/c1-38(2,3)43-27-25-42(26-28-43)37(45)41-23-21-40(22-24-41)20-19-31(29-44)30-48-39(32-9-7-6-8-10-32,33-11-15-35(46-4)16-12-33)34-13-17-36(47-5)18-14-34;1-21(2)30(22(3)4)34(32-19-11-26-8)33-20-18-27-12-9-23(10-13-27)24(31)28-14-16-29(17-15-28)25(5,6)7/h6-18,31,44H,19-30H2,1-5H3;21-23H,9-20H2,1-7H3. The number of hydrogen-bond acceptors (Lipinski definition) is 13. The Morgan fingerprint density at radius 2 is 1.07 bits per heavy atom. The van der Waals surface area contributed by atoms with Gasteiger partial charge in [-0.05, 0) is 149 Å². The Morgan fingerprint density at radius 1 is 0.622 bits per heavy atom. The molecule has 3 amide bonds. The number of piperidine rings is 1. The molecule has 456 valence electrons. The Hall–Kier alpha value is -4.44. The van der Waals surface area contributed by atoms with Crippen molar-refractivity contribution in [1.82, 2.24) is 39.0 Å². The lowest BCUT2D eigenvalue weighted by Crippen LogP contribution is -2.59. The number of urea groups is 1. The molecule has 18 heteroatoms. The zero-order valence-electron chi connectivity index (χ0n) is 52.1. The van der Waals surface area contributed by atoms with Gasteiger partial charge in [0.1, 0.15) is 23.7 Å². The summed E-state index contributed by atoms with van der Waals surface area (Å²) in [5.41, 5.74) is 2.32. The third-order valence-electron chi connectivity index (χ3n) is 16.7. The highest BCUT2D eigenvalue weighted by Crippen LogP contribution is 2.46. The van der Waals surface area contributed by atoms with Crippen molar-refractivity contribution in [3.8, 4) is 11.5 Å². The Morgan fingerprint density at radius 3 is 1.52 bits per heavy atom. The lowest BCUT2D eigenvalue weighted by Gasteiger charge is -2.44. The molecule has 2 atom stereocenters. The van der Waals surface area contributed by atoms with Crippen molar-refractivity contribution in [2.75, 3.05) is 152 Å². The van der Waals surface area contributed by atoms with Crippen LogP contribution in [0.1, 0.15) is 105 Å². The predicted octanol–water partition coefficient (Wildman–Crippen LogP) is 9.10. The van der Waals surface area contributed by atoms with Gasteiger partial charge in [0, 0.05) is 127 Å². The molecule has 0 saturated carbocycles. The van der Waals surface area contributed by atoms with Gasteiger partial charge in [0.05, 0.1) is 27.4 Å². The summed E-state index contributed by atoms with van der Waals surface area (Å²) in [6.07, 6.45) is 2.65. The van der Waals surface area contributed by atoms with Gasteiger partial charge in [0.25, 0.3) is 8.53 Å². The zero-order valence-corrected chi connectivity index (χ0v) is 53.0. The van der Waals surface area contributed by atoms with Crippen molar-refractivity contribution in [2.45, 2.75) is 117 Å². The van der Waals surface area contributed by atoms with Gasteiger partial charge in [-0.25, -0.2) is 16.0 Å². The molecule has 4 heterocycles. The van der Waals surface area contributed by atoms with Crippen LogP contribution in [0.3, 0.4) is 0 Å². The van der Waals surface area contributed by atoms with E-state index in [-0.39, 0.29) is 35.6 Å². The van der Waals surface area contributed by atoms with Crippen LogP contribution in [0, 0.1) is 18.4 Å². The van der Waals surface area contributed by atoms with Crippen LogP contribution in [0.5, 0.6) is 11.5 Å². The average Bonchev–Trinajstić information content (AvgIpc) is 3.61. The van der Waals surface area contributed by atoms with Crippen LogP contribution in [0.15, 0.2) is 78.9 Å². The average molecular weight is 1160 g/mol. The number of aliphatic hydroxyl groups excluding tert-OH is 1. The van der Waals surface area contributed by atoms with E-state index in [1.165, 1.54) is 0 Å². The fraction of sp³-hybridized carbons (Fsp3) is 0.672. The highest BCUT2D eigenvalue weighted by Gasteiger charge is 2.40. The van der Waals surface area contributed by atoms with E-state index >= 15 is 0 Å². The maximum Gasteiger partial charge on any atom is 0.320 e. The number of aliphatic hydroxyl groups is 1. The summed E-state index contributed by atoms with van der Waals surface area (Å²) in [5, 5.41) is 10.5. The second-order valence-electron chi connectivity index (χ2n) is 24.9. The minimum absolute atomic E-state index is 0.0229. The minimum Gasteiger partial charge on any atom is -0.497 e. The summed E-state index contributed by atoms with van der Waals surface area (Å²) < 4.78 is 32.5. The number of benzene rings is 3. The second-order valence-corrected chi connectivity index (χ2v) is 26.3. The molecule has 4 saturated heterocycles. The van der Waals surface area contributed by atoms with E-state index in [0.29, 0.717) is 44.4 Å². The molecule has 3 aromatic carbocycles. The van der Waals surface area contributed by atoms with Crippen LogP contribution in [0.4, 0.5) is 4.79 Å². The van der Waals surface area contributed by atoms with Gasteiger partial charge >= 0.3 is 6.03 Å². The fourth-order valence-electron chi connectivity index (χ4n) is 11.7. The molecule has 1 N–H and O–H groups in total. The van der Waals surface area contributed by atoms with E-state index in [0.717, 1.165) is 152 Å². The first kappa shape index (κ1) is 66.7. The highest BCUT2D eigenvalue weighted by atomic mass is 31.2. The van der Waals surface area contributed by atoms with Crippen molar-refractivity contribution < 1.29 is 38.0 Å². The van der Waals surface area contributed by atoms with Crippen molar-refractivity contribution in [1.29, 1.82) is 0 Å². The summed E-state index contributed by atoms with van der Waals surface area (Å²) in [7, 11) is 2.15. The Bertz CT molecular complexity index is 2310. The van der Waals surface area contributed by atoms with Crippen LogP contribution in [0.25, 0.3) is 4.85 Å². The first-order valence-electron chi connectivity index (χ1n) is 30.3. The molecule has 3 aromatic rings. The molecule has 0 aromatic heterocycles. The normalized spacial score (nSPS) is 18.5. The molecule has 4 aliphatic heterocycles.